The molecule has 0 spiro atoms. The van der Waals surface area contributed by atoms with Gasteiger partial charge in [0.15, 0.2) is 0 Å². The molecule has 3 amide bonds. The van der Waals surface area contributed by atoms with Crippen LogP contribution >= 0.6 is 11.8 Å². The summed E-state index contributed by atoms with van der Waals surface area (Å²) in [5.74, 6) is -1.21. The summed E-state index contributed by atoms with van der Waals surface area (Å²) in [7, 11) is 0. The highest BCUT2D eigenvalue weighted by Gasteiger charge is 2.39. The van der Waals surface area contributed by atoms with E-state index in [0.717, 1.165) is 16.7 Å². The minimum absolute atomic E-state index is 0.109. The van der Waals surface area contributed by atoms with Crippen molar-refractivity contribution >= 4 is 40.5 Å². The molecule has 1 atom stereocenters. The first-order valence-electron chi connectivity index (χ1n) is 7.66. The van der Waals surface area contributed by atoms with Crippen molar-refractivity contribution in [3.63, 3.8) is 0 Å². The number of hydrogen-bond acceptors (Lipinski definition) is 6. The first-order valence-corrected chi connectivity index (χ1v) is 8.54. The van der Waals surface area contributed by atoms with E-state index in [1.165, 1.54) is 6.08 Å². The predicted molar refractivity (Wildman–Crippen MR) is 94.3 cm³/mol. The van der Waals surface area contributed by atoms with Crippen LogP contribution in [0.4, 0.5) is 10.5 Å². The lowest BCUT2D eigenvalue weighted by Crippen LogP contribution is -2.33. The molecule has 7 nitrogen and oxygen atoms in total. The zero-order chi connectivity index (χ0) is 18.4. The number of benzene rings is 1. The number of esters is 1. The Kier molecular flexibility index (Phi) is 6.35. The lowest BCUT2D eigenvalue weighted by atomic mass is 10.2. The lowest BCUT2D eigenvalue weighted by Gasteiger charge is -2.11. The molecule has 0 bridgehead atoms. The van der Waals surface area contributed by atoms with Gasteiger partial charge in [0.2, 0.25) is 11.8 Å². The smallest absolute Gasteiger partial charge is 0.338 e. The molecule has 8 heteroatoms. The molecule has 0 aromatic heterocycles. The molecule has 1 aliphatic heterocycles. The maximum atomic E-state index is 12.1. The molecule has 25 heavy (non-hydrogen) atoms. The van der Waals surface area contributed by atoms with Gasteiger partial charge in [-0.3, -0.25) is 19.3 Å². The SMILES string of the molecule is C=CCN1C(=O)S[C@@H](CC(=O)Nc2ccc(C(=O)OCC)cc2)C1=O. The second kappa shape index (κ2) is 8.48. The number of anilines is 1. The van der Waals surface area contributed by atoms with Crippen LogP contribution in [0.15, 0.2) is 36.9 Å². The minimum Gasteiger partial charge on any atom is -0.462 e. The molecule has 1 aromatic rings. The van der Waals surface area contributed by atoms with Gasteiger partial charge in [0.1, 0.15) is 5.25 Å². The molecule has 0 saturated carbocycles. The van der Waals surface area contributed by atoms with Crippen LogP contribution in [-0.4, -0.2) is 46.3 Å². The van der Waals surface area contributed by atoms with Crippen LogP contribution in [0.5, 0.6) is 0 Å². The van der Waals surface area contributed by atoms with Crippen molar-refractivity contribution in [1.82, 2.24) is 4.90 Å². The monoisotopic (exact) mass is 362 g/mol. The van der Waals surface area contributed by atoms with E-state index in [0.29, 0.717) is 11.3 Å². The molecule has 2 rings (SSSR count). The molecule has 0 radical (unpaired) electrons. The molecule has 132 valence electrons. The number of amides is 3. The zero-order valence-electron chi connectivity index (χ0n) is 13.7. The highest BCUT2D eigenvalue weighted by atomic mass is 32.2. The van der Waals surface area contributed by atoms with Crippen LogP contribution in [0, 0.1) is 0 Å². The summed E-state index contributed by atoms with van der Waals surface area (Å²) < 4.78 is 4.88. The summed E-state index contributed by atoms with van der Waals surface area (Å²) in [5, 5.41) is 1.54. The van der Waals surface area contributed by atoms with Gasteiger partial charge in [0.05, 0.1) is 12.2 Å². The lowest BCUT2D eigenvalue weighted by molar-refractivity contribution is -0.128. The molecular weight excluding hydrogens is 344 g/mol. The van der Waals surface area contributed by atoms with Gasteiger partial charge in [-0.05, 0) is 31.2 Å². The molecule has 1 saturated heterocycles. The predicted octanol–water partition coefficient (Wildman–Crippen LogP) is 2.44. The van der Waals surface area contributed by atoms with Crippen molar-refractivity contribution < 1.29 is 23.9 Å². The topological polar surface area (TPSA) is 92.8 Å². The van der Waals surface area contributed by atoms with Gasteiger partial charge in [-0.15, -0.1) is 6.58 Å². The van der Waals surface area contributed by atoms with E-state index < -0.39 is 11.2 Å². The second-order valence-corrected chi connectivity index (χ2v) is 6.31. The van der Waals surface area contributed by atoms with Crippen LogP contribution in [0.3, 0.4) is 0 Å². The average molecular weight is 362 g/mol. The Morgan fingerprint density at radius 2 is 2.00 bits per heavy atom. The van der Waals surface area contributed by atoms with Crippen LogP contribution in [0.2, 0.25) is 0 Å². The maximum absolute atomic E-state index is 12.1. The van der Waals surface area contributed by atoms with Gasteiger partial charge in [0.25, 0.3) is 5.24 Å². The van der Waals surface area contributed by atoms with Gasteiger partial charge < -0.3 is 10.1 Å². The first kappa shape index (κ1) is 18.7. The standard InChI is InChI=1S/C17H18N2O5S/c1-3-9-19-15(21)13(25-17(19)23)10-14(20)18-12-7-5-11(6-8-12)16(22)24-4-2/h3,5-8,13H,1,4,9-10H2,2H3,(H,18,20)/t13-/m0/s1. The largest absolute Gasteiger partial charge is 0.462 e. The van der Waals surface area contributed by atoms with Gasteiger partial charge in [-0.25, -0.2) is 4.79 Å². The molecule has 1 N–H and O–H groups in total. The number of hydrogen-bond donors (Lipinski definition) is 1. The van der Waals surface area contributed by atoms with Crippen molar-refractivity contribution in [2.45, 2.75) is 18.6 Å². The Balaban J connectivity index is 1.92. The number of carbonyl (C=O) groups is 4. The normalized spacial score (nSPS) is 16.7. The molecule has 1 heterocycles. The first-order chi connectivity index (χ1) is 12.0. The highest BCUT2D eigenvalue weighted by Crippen LogP contribution is 2.29. The minimum atomic E-state index is -0.730. The summed E-state index contributed by atoms with van der Waals surface area (Å²) in [4.78, 5) is 48.5. The third kappa shape index (κ3) is 4.69. The van der Waals surface area contributed by atoms with E-state index in [1.54, 1.807) is 31.2 Å². The van der Waals surface area contributed by atoms with Crippen molar-refractivity contribution in [2.24, 2.45) is 0 Å². The number of imide groups is 1. The van der Waals surface area contributed by atoms with Gasteiger partial charge >= 0.3 is 5.97 Å². The molecular formula is C17H18N2O5S. The van der Waals surface area contributed by atoms with E-state index in [4.69, 9.17) is 4.74 Å². The summed E-state index contributed by atoms with van der Waals surface area (Å²) >= 11 is 0.840. The van der Waals surface area contributed by atoms with Gasteiger partial charge in [0, 0.05) is 18.7 Å². The highest BCUT2D eigenvalue weighted by molar-refractivity contribution is 8.15. The van der Waals surface area contributed by atoms with Crippen LogP contribution in [-0.2, 0) is 14.3 Å². The number of ether oxygens (including phenoxy) is 1. The number of thioether (sulfide) groups is 1. The van der Waals surface area contributed by atoms with E-state index >= 15 is 0 Å². The third-order valence-electron chi connectivity index (χ3n) is 3.37. The van der Waals surface area contributed by atoms with Gasteiger partial charge in [-0.1, -0.05) is 17.8 Å². The van der Waals surface area contributed by atoms with E-state index in [-0.39, 0.29) is 36.6 Å². The van der Waals surface area contributed by atoms with Crippen LogP contribution in [0.1, 0.15) is 23.7 Å². The van der Waals surface area contributed by atoms with Crippen LogP contribution < -0.4 is 5.32 Å². The van der Waals surface area contributed by atoms with Crippen molar-refractivity contribution in [1.29, 1.82) is 0 Å². The Morgan fingerprint density at radius 1 is 1.32 bits per heavy atom. The Morgan fingerprint density at radius 3 is 2.60 bits per heavy atom. The maximum Gasteiger partial charge on any atom is 0.338 e. The molecule has 1 aliphatic rings. The van der Waals surface area contributed by atoms with Gasteiger partial charge in [-0.2, -0.15) is 0 Å². The van der Waals surface area contributed by atoms with E-state index in [9.17, 15) is 19.2 Å². The summed E-state index contributed by atoms with van der Waals surface area (Å²) in [6.45, 7) is 5.64. The van der Waals surface area contributed by atoms with Crippen molar-refractivity contribution in [3.8, 4) is 0 Å². The van der Waals surface area contributed by atoms with E-state index in [2.05, 4.69) is 11.9 Å². The Labute approximate surface area is 149 Å². The fourth-order valence-corrected chi connectivity index (χ4v) is 3.20. The van der Waals surface area contributed by atoms with Crippen LogP contribution in [0.25, 0.3) is 0 Å². The summed E-state index contributed by atoms with van der Waals surface area (Å²) in [6, 6.07) is 6.22. The third-order valence-corrected chi connectivity index (χ3v) is 4.44. The summed E-state index contributed by atoms with van der Waals surface area (Å²) in [6.07, 6.45) is 1.35. The number of nitrogens with one attached hydrogen (secondary N) is 1. The number of rotatable bonds is 7. The average Bonchev–Trinajstić information content (AvgIpc) is 2.83. The number of nitrogens with zero attached hydrogens (tertiary/aromatic N) is 1. The van der Waals surface area contributed by atoms with E-state index in [1.807, 2.05) is 0 Å². The fraction of sp³-hybridized carbons (Fsp3) is 0.294. The second-order valence-electron chi connectivity index (χ2n) is 5.16. The fourth-order valence-electron chi connectivity index (χ4n) is 2.21. The molecule has 1 aromatic carbocycles. The van der Waals surface area contributed by atoms with Crippen molar-refractivity contribution in [2.75, 3.05) is 18.5 Å². The quantitative estimate of drug-likeness (QED) is 0.592. The zero-order valence-corrected chi connectivity index (χ0v) is 14.5. The van der Waals surface area contributed by atoms with Crippen molar-refractivity contribution in [3.05, 3.63) is 42.5 Å². The Bertz CT molecular complexity index is 701. The molecule has 1 fully saturated rings. The summed E-state index contributed by atoms with van der Waals surface area (Å²) in [5.41, 5.74) is 0.870. The number of carbonyl (C=O) groups excluding carboxylic acids is 4. The molecule has 0 unspecified atom stereocenters. The molecule has 0 aliphatic carbocycles. The Hall–Kier alpha value is -2.61.